The fourth-order valence-electron chi connectivity index (χ4n) is 2.36. The van der Waals surface area contributed by atoms with E-state index in [0.29, 0.717) is 12.5 Å². The molecule has 0 unspecified atom stereocenters. The first-order valence-corrected chi connectivity index (χ1v) is 7.30. The third-order valence-electron chi connectivity index (χ3n) is 3.50. The number of nitrogens with zero attached hydrogens (tertiary/aromatic N) is 2. The maximum absolute atomic E-state index is 5.96. The fourth-order valence-corrected chi connectivity index (χ4v) is 2.36. The number of guanidine groups is 1. The standard InChI is InChI=1S/C18H18N4O/c1-23-15-7-4-6-14(11-15)22-18(19)21-12-17-16-8-3-2-5-13(16)9-10-20-17/h2-11H,12H2,1H3,(H3,19,21,22). The van der Waals surface area contributed by atoms with Gasteiger partial charge in [-0.05, 0) is 23.6 Å². The van der Waals surface area contributed by atoms with Crippen molar-refractivity contribution in [1.82, 2.24) is 4.98 Å². The number of hydrogen-bond donors (Lipinski definition) is 2. The summed E-state index contributed by atoms with van der Waals surface area (Å²) >= 11 is 0. The molecule has 3 N–H and O–H groups in total. The van der Waals surface area contributed by atoms with E-state index in [1.165, 1.54) is 0 Å². The van der Waals surface area contributed by atoms with Crippen LogP contribution in [0.1, 0.15) is 5.69 Å². The van der Waals surface area contributed by atoms with Crippen molar-refractivity contribution in [2.45, 2.75) is 6.54 Å². The zero-order chi connectivity index (χ0) is 16.1. The van der Waals surface area contributed by atoms with Crippen molar-refractivity contribution >= 4 is 22.4 Å². The van der Waals surface area contributed by atoms with Crippen molar-refractivity contribution in [2.24, 2.45) is 10.7 Å². The second-order valence-electron chi connectivity index (χ2n) is 5.04. The second kappa shape index (κ2) is 6.79. The van der Waals surface area contributed by atoms with Gasteiger partial charge in [-0.1, -0.05) is 30.3 Å². The second-order valence-corrected chi connectivity index (χ2v) is 5.04. The number of anilines is 1. The molecule has 116 valence electrons. The van der Waals surface area contributed by atoms with Crippen LogP contribution in [0.2, 0.25) is 0 Å². The van der Waals surface area contributed by atoms with Crippen LogP contribution in [0.25, 0.3) is 10.8 Å². The number of aromatic nitrogens is 1. The van der Waals surface area contributed by atoms with E-state index < -0.39 is 0 Å². The summed E-state index contributed by atoms with van der Waals surface area (Å²) in [5.41, 5.74) is 7.69. The van der Waals surface area contributed by atoms with Crippen LogP contribution in [0.3, 0.4) is 0 Å². The van der Waals surface area contributed by atoms with Crippen LogP contribution in [0.4, 0.5) is 5.69 Å². The van der Waals surface area contributed by atoms with Gasteiger partial charge in [-0.25, -0.2) is 4.99 Å². The average Bonchev–Trinajstić information content (AvgIpc) is 2.60. The Labute approximate surface area is 134 Å². The van der Waals surface area contributed by atoms with Crippen LogP contribution >= 0.6 is 0 Å². The minimum atomic E-state index is 0.341. The average molecular weight is 306 g/mol. The molecule has 0 bridgehead atoms. The lowest BCUT2D eigenvalue weighted by atomic mass is 10.1. The third kappa shape index (κ3) is 3.58. The van der Waals surface area contributed by atoms with Crippen molar-refractivity contribution in [3.8, 4) is 5.75 Å². The first-order valence-electron chi connectivity index (χ1n) is 7.30. The van der Waals surface area contributed by atoms with Crippen LogP contribution in [0.15, 0.2) is 65.8 Å². The summed E-state index contributed by atoms with van der Waals surface area (Å²) in [6.07, 6.45) is 1.79. The van der Waals surface area contributed by atoms with Gasteiger partial charge in [-0.3, -0.25) is 4.98 Å². The van der Waals surface area contributed by atoms with E-state index in [9.17, 15) is 0 Å². The lowest BCUT2D eigenvalue weighted by Crippen LogP contribution is -2.22. The Morgan fingerprint density at radius 3 is 2.91 bits per heavy atom. The van der Waals surface area contributed by atoms with E-state index in [-0.39, 0.29) is 0 Å². The maximum Gasteiger partial charge on any atom is 0.193 e. The van der Waals surface area contributed by atoms with Gasteiger partial charge < -0.3 is 15.8 Å². The quantitative estimate of drug-likeness (QED) is 0.573. The van der Waals surface area contributed by atoms with Gasteiger partial charge >= 0.3 is 0 Å². The summed E-state index contributed by atoms with van der Waals surface area (Å²) in [5.74, 6) is 1.10. The number of fused-ring (bicyclic) bond motifs is 1. The predicted octanol–water partition coefficient (Wildman–Crippen LogP) is 3.17. The van der Waals surface area contributed by atoms with Crippen LogP contribution in [0, 0.1) is 0 Å². The molecule has 0 fully saturated rings. The number of nitrogens with one attached hydrogen (secondary N) is 1. The zero-order valence-corrected chi connectivity index (χ0v) is 12.9. The molecule has 5 heteroatoms. The van der Waals surface area contributed by atoms with Gasteiger partial charge in [0.1, 0.15) is 5.75 Å². The van der Waals surface area contributed by atoms with Crippen molar-refractivity contribution in [3.05, 3.63) is 66.5 Å². The molecule has 0 aliphatic heterocycles. The summed E-state index contributed by atoms with van der Waals surface area (Å²) in [5, 5.41) is 5.29. The van der Waals surface area contributed by atoms with Crippen LogP contribution in [-0.2, 0) is 6.54 Å². The van der Waals surface area contributed by atoms with Crippen LogP contribution in [0.5, 0.6) is 5.75 Å². The number of benzene rings is 2. The molecule has 0 aliphatic rings. The lowest BCUT2D eigenvalue weighted by Gasteiger charge is -2.08. The smallest absolute Gasteiger partial charge is 0.193 e. The monoisotopic (exact) mass is 306 g/mol. The van der Waals surface area contributed by atoms with E-state index in [1.807, 2.05) is 48.5 Å². The van der Waals surface area contributed by atoms with E-state index in [1.54, 1.807) is 13.3 Å². The number of nitrogens with two attached hydrogens (primary N) is 1. The molecule has 0 saturated heterocycles. The van der Waals surface area contributed by atoms with Gasteiger partial charge in [0.05, 0.1) is 19.3 Å². The molecule has 2 aromatic carbocycles. The largest absolute Gasteiger partial charge is 0.497 e. The van der Waals surface area contributed by atoms with Crippen molar-refractivity contribution in [2.75, 3.05) is 12.4 Å². The molecule has 0 radical (unpaired) electrons. The third-order valence-corrected chi connectivity index (χ3v) is 3.50. The fraction of sp³-hybridized carbons (Fsp3) is 0.111. The summed E-state index contributed by atoms with van der Waals surface area (Å²) in [6.45, 7) is 0.421. The number of pyridine rings is 1. The molecule has 1 heterocycles. The Kier molecular flexibility index (Phi) is 4.38. The minimum Gasteiger partial charge on any atom is -0.497 e. The number of rotatable bonds is 4. The highest BCUT2D eigenvalue weighted by Gasteiger charge is 2.02. The van der Waals surface area contributed by atoms with Crippen molar-refractivity contribution in [3.63, 3.8) is 0 Å². The first kappa shape index (κ1) is 14.8. The summed E-state index contributed by atoms with van der Waals surface area (Å²) < 4.78 is 5.18. The molecule has 0 atom stereocenters. The SMILES string of the molecule is COc1cccc(NC(N)=NCc2nccc3ccccc23)c1. The Morgan fingerprint density at radius 1 is 1.17 bits per heavy atom. The Bertz CT molecular complexity index is 840. The summed E-state index contributed by atoms with van der Waals surface area (Å²) in [4.78, 5) is 8.78. The predicted molar refractivity (Wildman–Crippen MR) is 93.7 cm³/mol. The zero-order valence-electron chi connectivity index (χ0n) is 12.9. The molecule has 0 saturated carbocycles. The molecular formula is C18H18N4O. The highest BCUT2D eigenvalue weighted by Crippen LogP contribution is 2.18. The number of aliphatic imine (C=N–C) groups is 1. The van der Waals surface area contributed by atoms with E-state index in [0.717, 1.165) is 27.9 Å². The Morgan fingerprint density at radius 2 is 2.04 bits per heavy atom. The number of methoxy groups -OCH3 is 1. The Balaban J connectivity index is 1.76. The van der Waals surface area contributed by atoms with Crippen molar-refractivity contribution < 1.29 is 4.74 Å². The van der Waals surface area contributed by atoms with Gasteiger partial charge in [0, 0.05) is 23.3 Å². The highest BCUT2D eigenvalue weighted by atomic mass is 16.5. The van der Waals surface area contributed by atoms with E-state index in [4.69, 9.17) is 10.5 Å². The molecule has 1 aromatic heterocycles. The molecule has 5 nitrogen and oxygen atoms in total. The van der Waals surface area contributed by atoms with Crippen molar-refractivity contribution in [1.29, 1.82) is 0 Å². The molecule has 0 amide bonds. The molecule has 23 heavy (non-hydrogen) atoms. The maximum atomic E-state index is 5.96. The van der Waals surface area contributed by atoms with Gasteiger partial charge in [0.15, 0.2) is 5.96 Å². The van der Waals surface area contributed by atoms with Gasteiger partial charge in [-0.15, -0.1) is 0 Å². The van der Waals surface area contributed by atoms with Crippen LogP contribution < -0.4 is 15.8 Å². The normalized spacial score (nSPS) is 11.4. The van der Waals surface area contributed by atoms with E-state index >= 15 is 0 Å². The number of hydrogen-bond acceptors (Lipinski definition) is 3. The van der Waals surface area contributed by atoms with Gasteiger partial charge in [0.2, 0.25) is 0 Å². The number of ether oxygens (including phenoxy) is 1. The molecule has 3 aromatic rings. The van der Waals surface area contributed by atoms with Gasteiger partial charge in [0.25, 0.3) is 0 Å². The Hall–Kier alpha value is -3.08. The molecule has 3 rings (SSSR count). The molecular weight excluding hydrogens is 288 g/mol. The van der Waals surface area contributed by atoms with Gasteiger partial charge in [-0.2, -0.15) is 0 Å². The van der Waals surface area contributed by atoms with E-state index in [2.05, 4.69) is 21.4 Å². The first-order chi connectivity index (χ1) is 11.3. The highest BCUT2D eigenvalue weighted by molar-refractivity contribution is 5.92. The summed E-state index contributed by atoms with van der Waals surface area (Å²) in [7, 11) is 1.63. The van der Waals surface area contributed by atoms with Crippen LogP contribution in [-0.4, -0.2) is 18.1 Å². The topological polar surface area (TPSA) is 72.5 Å². The summed E-state index contributed by atoms with van der Waals surface area (Å²) in [6, 6.07) is 17.6. The lowest BCUT2D eigenvalue weighted by molar-refractivity contribution is 0.415. The minimum absolute atomic E-state index is 0.341. The molecule has 0 aliphatic carbocycles. The molecule has 0 spiro atoms.